The zero-order valence-electron chi connectivity index (χ0n) is 17.9. The number of hydrogen-bond donors (Lipinski definition) is 0. The maximum atomic E-state index is 13.0. The van der Waals surface area contributed by atoms with E-state index in [9.17, 15) is 4.79 Å². The van der Waals surface area contributed by atoms with Crippen molar-refractivity contribution < 1.29 is 19.0 Å². The molecule has 0 atom stereocenters. The first-order valence-electron chi connectivity index (χ1n) is 9.95. The van der Waals surface area contributed by atoms with Gasteiger partial charge in [-0.25, -0.2) is 4.79 Å². The lowest BCUT2D eigenvalue weighted by atomic mass is 9.98. The van der Waals surface area contributed by atoms with Gasteiger partial charge >= 0.3 is 5.97 Å². The molecule has 1 aromatic heterocycles. The van der Waals surface area contributed by atoms with Crippen molar-refractivity contribution in [1.29, 1.82) is 0 Å². The molecule has 1 heterocycles. The van der Waals surface area contributed by atoms with Crippen LogP contribution in [0, 0.1) is 13.8 Å². The van der Waals surface area contributed by atoms with Crippen molar-refractivity contribution in [3.05, 3.63) is 65.4 Å². The van der Waals surface area contributed by atoms with E-state index in [1.165, 1.54) is 0 Å². The summed E-state index contributed by atoms with van der Waals surface area (Å²) in [6, 6.07) is 15.9. The molecular weight excluding hydrogens is 378 g/mol. The second-order valence-corrected chi connectivity index (χ2v) is 7.14. The monoisotopic (exact) mass is 403 g/mol. The topological polar surface area (TPSA) is 49.7 Å². The van der Waals surface area contributed by atoms with Crippen LogP contribution >= 0.6 is 0 Å². The summed E-state index contributed by atoms with van der Waals surface area (Å²) in [7, 11) is 3.31. The summed E-state index contributed by atoms with van der Waals surface area (Å²) in [5.41, 5.74) is 4.24. The Balaban J connectivity index is 2.21. The molecule has 4 aromatic rings. The van der Waals surface area contributed by atoms with Crippen LogP contribution in [-0.4, -0.2) is 31.4 Å². The number of fused-ring (bicyclic) bond motifs is 3. The average Bonchev–Trinajstić information content (AvgIpc) is 3.08. The minimum absolute atomic E-state index is 0.317. The number of nitrogens with zero attached hydrogens (tertiary/aromatic N) is 1. The van der Waals surface area contributed by atoms with Crippen molar-refractivity contribution in [2.75, 3.05) is 20.8 Å². The largest absolute Gasteiger partial charge is 0.497 e. The van der Waals surface area contributed by atoms with E-state index in [1.807, 2.05) is 63.2 Å². The Bertz CT molecular complexity index is 1250. The van der Waals surface area contributed by atoms with Crippen LogP contribution in [0.1, 0.15) is 28.5 Å². The summed E-state index contributed by atoms with van der Waals surface area (Å²) in [5.74, 6) is 1.23. The lowest BCUT2D eigenvalue weighted by Crippen LogP contribution is -2.07. The fourth-order valence-corrected chi connectivity index (χ4v) is 4.28. The molecule has 0 radical (unpaired) electrons. The second-order valence-electron chi connectivity index (χ2n) is 7.14. The Labute approximate surface area is 175 Å². The van der Waals surface area contributed by atoms with Crippen LogP contribution in [0.3, 0.4) is 0 Å². The first-order chi connectivity index (χ1) is 14.5. The van der Waals surface area contributed by atoms with E-state index in [0.29, 0.717) is 12.2 Å². The van der Waals surface area contributed by atoms with Gasteiger partial charge < -0.3 is 18.8 Å². The third kappa shape index (κ3) is 2.89. The summed E-state index contributed by atoms with van der Waals surface area (Å²) < 4.78 is 18.6. The SMILES string of the molecule is CCOC(=O)c1c(C)n(-c2ccc(OC)cc2)c2c1c(C)c(OC)c1ccccc12. The zero-order chi connectivity index (χ0) is 21.4. The molecule has 0 aliphatic rings. The van der Waals surface area contributed by atoms with Crippen LogP contribution in [0.25, 0.3) is 27.4 Å². The van der Waals surface area contributed by atoms with E-state index in [0.717, 1.165) is 50.1 Å². The number of rotatable bonds is 5. The normalized spacial score (nSPS) is 11.1. The van der Waals surface area contributed by atoms with Crippen molar-refractivity contribution in [3.63, 3.8) is 0 Å². The maximum Gasteiger partial charge on any atom is 0.340 e. The average molecular weight is 403 g/mol. The van der Waals surface area contributed by atoms with Gasteiger partial charge in [-0.3, -0.25) is 0 Å². The summed E-state index contributed by atoms with van der Waals surface area (Å²) in [6.07, 6.45) is 0. The standard InChI is InChI=1S/C25H25NO4/c1-6-30-25(27)22-16(3)26(17-11-13-18(28-4)14-12-17)23-19-9-7-8-10-20(19)24(29-5)15(2)21(22)23/h7-14H,6H2,1-5H3. The predicted octanol–water partition coefficient (Wildman–Crippen LogP) is 5.59. The molecule has 0 aliphatic heterocycles. The molecule has 30 heavy (non-hydrogen) atoms. The molecule has 3 aromatic carbocycles. The number of carbonyl (C=O) groups is 1. The summed E-state index contributed by atoms with van der Waals surface area (Å²) >= 11 is 0. The molecule has 5 heteroatoms. The van der Waals surface area contributed by atoms with Crippen molar-refractivity contribution in [1.82, 2.24) is 4.57 Å². The van der Waals surface area contributed by atoms with Gasteiger partial charge in [0.15, 0.2) is 0 Å². The smallest absolute Gasteiger partial charge is 0.340 e. The summed E-state index contributed by atoms with van der Waals surface area (Å²) in [4.78, 5) is 13.0. The molecule has 0 saturated carbocycles. The molecular formula is C25H25NO4. The lowest BCUT2D eigenvalue weighted by Gasteiger charge is -2.15. The number of aromatic nitrogens is 1. The first kappa shape index (κ1) is 19.8. The fourth-order valence-electron chi connectivity index (χ4n) is 4.28. The van der Waals surface area contributed by atoms with Crippen LogP contribution in [0.15, 0.2) is 48.5 Å². The Hall–Kier alpha value is -3.47. The molecule has 4 rings (SSSR count). The van der Waals surface area contributed by atoms with Gasteiger partial charge in [0.2, 0.25) is 0 Å². The predicted molar refractivity (Wildman–Crippen MR) is 119 cm³/mol. The number of carbonyl (C=O) groups excluding carboxylic acids is 1. The van der Waals surface area contributed by atoms with Gasteiger partial charge in [0.1, 0.15) is 11.5 Å². The van der Waals surface area contributed by atoms with E-state index >= 15 is 0 Å². The minimum atomic E-state index is -0.326. The van der Waals surface area contributed by atoms with E-state index in [4.69, 9.17) is 14.2 Å². The fraction of sp³-hybridized carbons (Fsp3) is 0.240. The van der Waals surface area contributed by atoms with Crippen LogP contribution in [-0.2, 0) is 4.74 Å². The Morgan fingerprint density at radius 3 is 2.20 bits per heavy atom. The molecule has 0 N–H and O–H groups in total. The van der Waals surface area contributed by atoms with Crippen LogP contribution < -0.4 is 9.47 Å². The zero-order valence-corrected chi connectivity index (χ0v) is 17.9. The maximum absolute atomic E-state index is 13.0. The minimum Gasteiger partial charge on any atom is -0.497 e. The Kier molecular flexibility index (Phi) is 5.12. The highest BCUT2D eigenvalue weighted by atomic mass is 16.5. The molecule has 0 saturated heterocycles. The number of esters is 1. The molecule has 0 fully saturated rings. The van der Waals surface area contributed by atoms with E-state index in [2.05, 4.69) is 10.6 Å². The first-order valence-corrected chi connectivity index (χ1v) is 9.95. The van der Waals surface area contributed by atoms with Crippen molar-refractivity contribution in [3.8, 4) is 17.2 Å². The van der Waals surface area contributed by atoms with Gasteiger partial charge in [0, 0.05) is 33.1 Å². The number of methoxy groups -OCH3 is 2. The molecule has 0 bridgehead atoms. The second kappa shape index (κ2) is 7.75. The molecule has 154 valence electrons. The van der Waals surface area contributed by atoms with E-state index in [1.54, 1.807) is 14.2 Å². The van der Waals surface area contributed by atoms with Crippen LogP contribution in [0.5, 0.6) is 11.5 Å². The van der Waals surface area contributed by atoms with E-state index in [-0.39, 0.29) is 5.97 Å². The summed E-state index contributed by atoms with van der Waals surface area (Å²) in [5, 5.41) is 2.88. The number of benzene rings is 3. The lowest BCUT2D eigenvalue weighted by molar-refractivity contribution is 0.0527. The third-order valence-electron chi connectivity index (χ3n) is 5.56. The van der Waals surface area contributed by atoms with Gasteiger partial charge in [0.05, 0.1) is 31.9 Å². The number of aryl methyl sites for hydroxylation is 1. The van der Waals surface area contributed by atoms with Gasteiger partial charge in [-0.15, -0.1) is 0 Å². The third-order valence-corrected chi connectivity index (χ3v) is 5.56. The molecule has 0 amide bonds. The van der Waals surface area contributed by atoms with E-state index < -0.39 is 0 Å². The summed E-state index contributed by atoms with van der Waals surface area (Å²) in [6.45, 7) is 6.08. The highest BCUT2D eigenvalue weighted by Crippen LogP contribution is 2.42. The highest BCUT2D eigenvalue weighted by Gasteiger charge is 2.27. The van der Waals surface area contributed by atoms with Crippen molar-refractivity contribution >= 4 is 27.6 Å². The van der Waals surface area contributed by atoms with Crippen LogP contribution in [0.4, 0.5) is 0 Å². The molecule has 0 unspecified atom stereocenters. The molecule has 0 aliphatic carbocycles. The van der Waals surface area contributed by atoms with Gasteiger partial charge in [-0.2, -0.15) is 0 Å². The number of hydrogen-bond acceptors (Lipinski definition) is 4. The Morgan fingerprint density at radius 1 is 0.933 bits per heavy atom. The van der Waals surface area contributed by atoms with Crippen molar-refractivity contribution in [2.24, 2.45) is 0 Å². The van der Waals surface area contributed by atoms with Crippen LogP contribution in [0.2, 0.25) is 0 Å². The van der Waals surface area contributed by atoms with Gasteiger partial charge in [-0.05, 0) is 45.0 Å². The highest BCUT2D eigenvalue weighted by molar-refractivity contribution is 6.18. The van der Waals surface area contributed by atoms with Crippen molar-refractivity contribution in [2.45, 2.75) is 20.8 Å². The quantitative estimate of drug-likeness (QED) is 0.407. The van der Waals surface area contributed by atoms with Gasteiger partial charge in [0.25, 0.3) is 0 Å². The number of ether oxygens (including phenoxy) is 3. The molecule has 5 nitrogen and oxygen atoms in total. The molecule has 0 spiro atoms. The Morgan fingerprint density at radius 2 is 1.60 bits per heavy atom. The van der Waals surface area contributed by atoms with Gasteiger partial charge in [-0.1, -0.05) is 24.3 Å².